The summed E-state index contributed by atoms with van der Waals surface area (Å²) in [5, 5.41) is 25.3. The number of benzene rings is 2. The summed E-state index contributed by atoms with van der Waals surface area (Å²) < 4.78 is 10.7. The molecule has 1 atom stereocenters. The number of hydrogen-bond donors (Lipinski definition) is 3. The minimum atomic E-state index is -1.47. The third-order valence-electron chi connectivity index (χ3n) is 5.56. The molecule has 182 valence electrons. The number of nitrogens with one attached hydrogen (secondary N) is 2. The Morgan fingerprint density at radius 3 is 2.74 bits per heavy atom. The second-order valence-corrected chi connectivity index (χ2v) is 8.50. The summed E-state index contributed by atoms with van der Waals surface area (Å²) in [4.78, 5) is 39.0. The molecule has 0 saturated carbocycles. The second kappa shape index (κ2) is 10.1. The lowest BCUT2D eigenvalue weighted by Gasteiger charge is -2.20. The number of aromatic nitrogens is 1. The average Bonchev–Trinajstić information content (AvgIpc) is 3.19. The predicted molar refractivity (Wildman–Crippen MR) is 128 cm³/mol. The third-order valence-corrected chi connectivity index (χ3v) is 5.85. The number of carbonyl (C=O) groups is 2. The Labute approximate surface area is 204 Å². The maximum Gasteiger partial charge on any atom is 0.336 e. The lowest BCUT2D eigenvalue weighted by atomic mass is 10.0. The molecule has 0 fully saturated rings. The first-order valence-electron chi connectivity index (χ1n) is 10.9. The number of amides is 1. The number of aromatic amines is 1. The summed E-state index contributed by atoms with van der Waals surface area (Å²) in [7, 11) is 0. The Balaban J connectivity index is 1.47. The number of H-pyrrole nitrogens is 1. The maximum absolute atomic E-state index is 12.5. The fourth-order valence-electron chi connectivity index (χ4n) is 3.94. The molecule has 0 unspecified atom stereocenters. The number of carboxylic acids is 1. The van der Waals surface area contributed by atoms with Gasteiger partial charge in [0, 0.05) is 41.0 Å². The monoisotopic (exact) mass is 497 g/mol. The van der Waals surface area contributed by atoms with E-state index in [4.69, 9.17) is 20.8 Å². The van der Waals surface area contributed by atoms with E-state index in [2.05, 4.69) is 10.3 Å². The number of hydrogen-bond acceptors (Lipinski definition) is 7. The Morgan fingerprint density at radius 2 is 2.00 bits per heavy atom. The Hall–Kier alpha value is -3.98. The zero-order valence-electron chi connectivity index (χ0n) is 18.7. The van der Waals surface area contributed by atoms with Crippen molar-refractivity contribution in [3.8, 4) is 11.5 Å². The van der Waals surface area contributed by atoms with Gasteiger partial charge in [-0.2, -0.15) is 0 Å². The highest BCUT2D eigenvalue weighted by molar-refractivity contribution is 6.32. The summed E-state index contributed by atoms with van der Waals surface area (Å²) in [5.74, 6) is -2.03. The quantitative estimate of drug-likeness (QED) is 0.301. The van der Waals surface area contributed by atoms with Crippen LogP contribution in [0, 0.1) is 0 Å². The average molecular weight is 498 g/mol. The molecule has 0 aliphatic carbocycles. The number of fused-ring (bicyclic) bond motifs is 2. The van der Waals surface area contributed by atoms with Crippen LogP contribution in [0.2, 0.25) is 5.02 Å². The molecule has 0 spiro atoms. The second-order valence-electron chi connectivity index (χ2n) is 8.10. The van der Waals surface area contributed by atoms with Crippen molar-refractivity contribution in [2.75, 3.05) is 6.61 Å². The van der Waals surface area contributed by atoms with Gasteiger partial charge in [0.25, 0.3) is 5.91 Å². The Bertz CT molecular complexity index is 1470. The highest BCUT2D eigenvalue weighted by Crippen LogP contribution is 2.31. The molecule has 0 radical (unpaired) electrons. The summed E-state index contributed by atoms with van der Waals surface area (Å²) in [6, 6.07) is 7.79. The van der Waals surface area contributed by atoms with Gasteiger partial charge in [-0.05, 0) is 41.8 Å². The van der Waals surface area contributed by atoms with Crippen molar-refractivity contribution in [1.29, 1.82) is 0 Å². The number of phenols is 1. The lowest BCUT2D eigenvalue weighted by molar-refractivity contribution is -0.308. The van der Waals surface area contributed by atoms with E-state index in [9.17, 15) is 24.6 Å². The molecule has 4 rings (SSSR count). The van der Waals surface area contributed by atoms with Crippen molar-refractivity contribution >= 4 is 45.3 Å². The highest BCUT2D eigenvalue weighted by atomic mass is 35.5. The zero-order chi connectivity index (χ0) is 25.1. The standard InChI is InChI=1S/C25H23ClN2O7/c1-2-3-13-7-24(31)35-21-10-22(18(26)9-17(13)21)34-12-23(30)28-20(25(32)33)6-14-11-27-19-5-4-15(29)8-16(14)19/h4-5,7-11,20,27,29H,2-3,6,12H2,1H3,(H,28,30)(H,32,33)/p-1/t20-/m0/s1. The van der Waals surface area contributed by atoms with Crippen molar-refractivity contribution < 1.29 is 29.0 Å². The van der Waals surface area contributed by atoms with Gasteiger partial charge in [0.1, 0.15) is 17.1 Å². The normalized spacial score (nSPS) is 12.1. The van der Waals surface area contributed by atoms with Gasteiger partial charge in [0.2, 0.25) is 0 Å². The molecule has 2 aromatic carbocycles. The molecule has 0 aliphatic heterocycles. The number of halogens is 1. The molecule has 2 aromatic heterocycles. The number of carbonyl (C=O) groups excluding carboxylic acids is 2. The molecule has 2 heterocycles. The number of ether oxygens (including phenoxy) is 1. The van der Waals surface area contributed by atoms with E-state index in [-0.39, 0.29) is 28.5 Å². The summed E-state index contributed by atoms with van der Waals surface area (Å²) in [6.07, 6.45) is 3.04. The first kappa shape index (κ1) is 24.2. The van der Waals surface area contributed by atoms with Crippen LogP contribution >= 0.6 is 11.6 Å². The smallest absolute Gasteiger partial charge is 0.336 e. The number of aliphatic carboxylic acids is 1. The first-order chi connectivity index (χ1) is 16.7. The van der Waals surface area contributed by atoms with Gasteiger partial charge in [-0.1, -0.05) is 24.9 Å². The first-order valence-corrected chi connectivity index (χ1v) is 11.3. The Kier molecular flexibility index (Phi) is 6.97. The van der Waals surface area contributed by atoms with Crippen LogP contribution in [0.1, 0.15) is 24.5 Å². The van der Waals surface area contributed by atoms with Gasteiger partial charge in [-0.3, -0.25) is 4.79 Å². The summed E-state index contributed by atoms with van der Waals surface area (Å²) in [5.41, 5.74) is 1.86. The topological polar surface area (TPSA) is 145 Å². The van der Waals surface area contributed by atoms with E-state index in [0.717, 1.165) is 12.0 Å². The molecule has 0 aliphatic rings. The number of aryl methyl sites for hydroxylation is 1. The number of phenolic OH excluding ortho intramolecular Hbond substituents is 1. The van der Waals surface area contributed by atoms with Crippen LogP contribution in [0.4, 0.5) is 0 Å². The van der Waals surface area contributed by atoms with Gasteiger partial charge in [0.05, 0.1) is 17.0 Å². The molecule has 35 heavy (non-hydrogen) atoms. The highest BCUT2D eigenvalue weighted by Gasteiger charge is 2.18. The van der Waals surface area contributed by atoms with Crippen LogP contribution in [-0.2, 0) is 22.4 Å². The SMILES string of the molecule is CCCc1cc(=O)oc2cc(OCC(=O)N[C@@H](Cc3c[nH]c4ccc(O)cc34)C(=O)[O-])c(Cl)cc12. The van der Waals surface area contributed by atoms with Crippen LogP contribution in [0.25, 0.3) is 21.9 Å². The Morgan fingerprint density at radius 1 is 1.20 bits per heavy atom. The molecule has 3 N–H and O–H groups in total. The van der Waals surface area contributed by atoms with Crippen LogP contribution < -0.4 is 20.8 Å². The van der Waals surface area contributed by atoms with E-state index in [1.807, 2.05) is 6.92 Å². The van der Waals surface area contributed by atoms with E-state index in [0.29, 0.717) is 28.3 Å². The number of aromatic hydroxyl groups is 1. The molecule has 0 saturated heterocycles. The molecular formula is C25H22ClN2O7-. The van der Waals surface area contributed by atoms with E-state index in [1.165, 1.54) is 24.3 Å². The van der Waals surface area contributed by atoms with E-state index in [1.54, 1.807) is 18.3 Å². The number of rotatable bonds is 9. The van der Waals surface area contributed by atoms with Crippen molar-refractivity contribution in [3.63, 3.8) is 0 Å². The third kappa shape index (κ3) is 5.41. The lowest BCUT2D eigenvalue weighted by Crippen LogP contribution is -2.50. The molecule has 10 heteroatoms. The van der Waals surface area contributed by atoms with Gasteiger partial charge in [0.15, 0.2) is 6.61 Å². The number of carboxylic acid groups (broad SMARTS) is 1. The molecule has 1 amide bonds. The van der Waals surface area contributed by atoms with E-state index < -0.39 is 30.2 Å². The minimum Gasteiger partial charge on any atom is -0.548 e. The zero-order valence-corrected chi connectivity index (χ0v) is 19.5. The van der Waals surface area contributed by atoms with Gasteiger partial charge >= 0.3 is 5.63 Å². The molecule has 0 bridgehead atoms. The van der Waals surface area contributed by atoms with E-state index >= 15 is 0 Å². The van der Waals surface area contributed by atoms with Crippen LogP contribution in [0.3, 0.4) is 0 Å². The fraction of sp³-hybridized carbons (Fsp3) is 0.240. The van der Waals surface area contributed by atoms with Crippen LogP contribution in [0.15, 0.2) is 51.8 Å². The molecule has 4 aromatic rings. The van der Waals surface area contributed by atoms with Crippen molar-refractivity contribution in [3.05, 3.63) is 69.2 Å². The predicted octanol–water partition coefficient (Wildman–Crippen LogP) is 2.44. The summed E-state index contributed by atoms with van der Waals surface area (Å²) >= 11 is 6.31. The molecular weight excluding hydrogens is 476 g/mol. The van der Waals surface area contributed by atoms with Gasteiger partial charge in [-0.15, -0.1) is 0 Å². The van der Waals surface area contributed by atoms with Crippen LogP contribution in [-0.4, -0.2) is 34.6 Å². The summed E-state index contributed by atoms with van der Waals surface area (Å²) in [6.45, 7) is 1.46. The van der Waals surface area contributed by atoms with Gasteiger partial charge in [-0.25, -0.2) is 4.79 Å². The van der Waals surface area contributed by atoms with Gasteiger partial charge < -0.3 is 34.5 Å². The van der Waals surface area contributed by atoms with Crippen molar-refractivity contribution in [2.45, 2.75) is 32.2 Å². The van der Waals surface area contributed by atoms with Crippen LogP contribution in [0.5, 0.6) is 11.5 Å². The van der Waals surface area contributed by atoms with Crippen molar-refractivity contribution in [1.82, 2.24) is 10.3 Å². The van der Waals surface area contributed by atoms with Crippen molar-refractivity contribution in [2.24, 2.45) is 0 Å². The largest absolute Gasteiger partial charge is 0.548 e. The fourth-order valence-corrected chi connectivity index (χ4v) is 4.16. The minimum absolute atomic E-state index is 0.0331. The maximum atomic E-state index is 12.5. The molecule has 9 nitrogen and oxygen atoms in total.